The number of rotatable bonds is 5. The minimum Gasteiger partial charge on any atom is -0.398 e. The second kappa shape index (κ2) is 8.99. The summed E-state index contributed by atoms with van der Waals surface area (Å²) in [4.78, 5) is 5.50. The fraction of sp³-hybridized carbons (Fsp3) is 0.185. The van der Waals surface area contributed by atoms with Gasteiger partial charge in [0.1, 0.15) is 5.82 Å². The molecule has 0 saturated carbocycles. The maximum absolute atomic E-state index is 13.7. The summed E-state index contributed by atoms with van der Waals surface area (Å²) in [7, 11) is -2.80. The average molecular weight is 477 g/mol. The van der Waals surface area contributed by atoms with Crippen LogP contribution in [0.4, 0.5) is 15.9 Å². The number of hydrogen-bond acceptors (Lipinski definition) is 5. The number of aryl methyl sites for hydroxylation is 1. The van der Waals surface area contributed by atoms with E-state index in [0.29, 0.717) is 27.4 Å². The lowest BCUT2D eigenvalue weighted by Gasteiger charge is -2.18. The summed E-state index contributed by atoms with van der Waals surface area (Å²) in [6.45, 7) is 5.98. The highest BCUT2D eigenvalue weighted by molar-refractivity contribution is 7.93. The number of aromatic nitrogens is 1. The molecule has 0 aliphatic heterocycles. The maximum atomic E-state index is 13.7. The van der Waals surface area contributed by atoms with Crippen LogP contribution in [0.1, 0.15) is 38.0 Å². The molecule has 1 heterocycles. The lowest BCUT2D eigenvalue weighted by molar-refractivity contribution is 0.628. The van der Waals surface area contributed by atoms with Crippen molar-refractivity contribution >= 4 is 38.2 Å². The number of fused-ring (bicyclic) bond motifs is 1. The van der Waals surface area contributed by atoms with Gasteiger partial charge in [0.2, 0.25) is 0 Å². The van der Waals surface area contributed by atoms with Crippen molar-refractivity contribution in [2.75, 3.05) is 12.0 Å². The normalized spacial score (nSPS) is 13.1. The van der Waals surface area contributed by atoms with Crippen molar-refractivity contribution in [1.82, 2.24) is 4.98 Å². The third-order valence-electron chi connectivity index (χ3n) is 5.74. The Bertz CT molecular complexity index is 1540. The van der Waals surface area contributed by atoms with Crippen molar-refractivity contribution in [2.45, 2.75) is 31.6 Å². The van der Waals surface area contributed by atoms with Crippen LogP contribution < -0.4 is 5.73 Å². The number of nitrogen functional groups attached to an aromatic ring is 1. The Morgan fingerprint density at radius 1 is 1.12 bits per heavy atom. The topological polar surface area (TPSA) is 92.2 Å². The SMILES string of the molecule is Cc1cccc(S(C)(=O)=Nc2nc(C(C)C)c(-c3ccc(F)cc3)c3cc(C=N)c(N)cc23)c1.[HH]. The van der Waals surface area contributed by atoms with Crippen LogP contribution in [-0.2, 0) is 9.73 Å². The lowest BCUT2D eigenvalue weighted by atomic mass is 9.91. The molecule has 4 rings (SSSR count). The molecule has 0 spiro atoms. The van der Waals surface area contributed by atoms with E-state index >= 15 is 0 Å². The second-order valence-electron chi connectivity index (χ2n) is 8.74. The molecule has 3 N–H and O–H groups in total. The Hall–Kier alpha value is -3.58. The van der Waals surface area contributed by atoms with E-state index in [4.69, 9.17) is 16.1 Å². The molecule has 3 aromatic carbocycles. The van der Waals surface area contributed by atoms with E-state index in [1.807, 2.05) is 45.0 Å². The van der Waals surface area contributed by atoms with Gasteiger partial charge in [0.05, 0.1) is 15.4 Å². The van der Waals surface area contributed by atoms with Crippen molar-refractivity contribution in [1.29, 1.82) is 5.41 Å². The maximum Gasteiger partial charge on any atom is 0.170 e. The van der Waals surface area contributed by atoms with E-state index in [0.717, 1.165) is 27.8 Å². The summed E-state index contributed by atoms with van der Waals surface area (Å²) in [6.07, 6.45) is 2.80. The number of pyridine rings is 1. The Morgan fingerprint density at radius 3 is 2.44 bits per heavy atom. The first kappa shape index (κ1) is 23.6. The number of benzene rings is 3. The number of hydrogen-bond donors (Lipinski definition) is 2. The zero-order chi connectivity index (χ0) is 24.6. The van der Waals surface area contributed by atoms with Gasteiger partial charge in [0.15, 0.2) is 5.82 Å². The predicted octanol–water partition coefficient (Wildman–Crippen LogP) is 7.09. The molecule has 0 aliphatic carbocycles. The molecule has 0 amide bonds. The molecule has 0 aliphatic rings. The molecule has 5 nitrogen and oxygen atoms in total. The Kier molecular flexibility index (Phi) is 6.23. The number of nitrogens with one attached hydrogen (secondary N) is 1. The van der Waals surface area contributed by atoms with Gasteiger partial charge in [-0.05, 0) is 65.8 Å². The highest BCUT2D eigenvalue weighted by atomic mass is 32.2. The summed E-state index contributed by atoms with van der Waals surface area (Å²) in [5.74, 6) is 0.0140. The van der Waals surface area contributed by atoms with E-state index in [2.05, 4.69) is 4.36 Å². The third kappa shape index (κ3) is 4.43. The van der Waals surface area contributed by atoms with Crippen molar-refractivity contribution in [3.8, 4) is 11.1 Å². The van der Waals surface area contributed by atoms with E-state index in [9.17, 15) is 8.60 Å². The molecular weight excluding hydrogens is 447 g/mol. The van der Waals surface area contributed by atoms with Crippen LogP contribution in [0.15, 0.2) is 69.9 Å². The number of nitrogens with zero attached hydrogens (tertiary/aromatic N) is 2. The Morgan fingerprint density at radius 2 is 1.82 bits per heavy atom. The molecule has 1 atom stereocenters. The van der Waals surface area contributed by atoms with Crippen molar-refractivity contribution in [2.24, 2.45) is 4.36 Å². The first-order valence-corrected chi connectivity index (χ1v) is 12.9. The fourth-order valence-electron chi connectivity index (χ4n) is 3.99. The highest BCUT2D eigenvalue weighted by Gasteiger charge is 2.20. The molecule has 34 heavy (non-hydrogen) atoms. The van der Waals surface area contributed by atoms with Crippen LogP contribution in [0.2, 0.25) is 0 Å². The molecule has 0 saturated heterocycles. The zero-order valence-electron chi connectivity index (χ0n) is 19.6. The van der Waals surface area contributed by atoms with E-state index in [1.54, 1.807) is 30.5 Å². The van der Waals surface area contributed by atoms with Crippen LogP contribution in [0.3, 0.4) is 0 Å². The van der Waals surface area contributed by atoms with Gasteiger partial charge in [-0.2, -0.15) is 4.36 Å². The van der Waals surface area contributed by atoms with Gasteiger partial charge in [-0.1, -0.05) is 38.1 Å². The van der Waals surface area contributed by atoms with Crippen molar-refractivity contribution in [3.63, 3.8) is 0 Å². The quantitative estimate of drug-likeness (QED) is 0.238. The largest absolute Gasteiger partial charge is 0.398 e. The summed E-state index contributed by atoms with van der Waals surface area (Å²) < 4.78 is 32.1. The van der Waals surface area contributed by atoms with E-state index < -0.39 is 9.73 Å². The van der Waals surface area contributed by atoms with Crippen LogP contribution in [0.25, 0.3) is 21.9 Å². The molecule has 176 valence electrons. The van der Waals surface area contributed by atoms with Gasteiger partial charge in [-0.25, -0.2) is 13.6 Å². The van der Waals surface area contributed by atoms with Crippen LogP contribution in [-0.4, -0.2) is 21.7 Å². The number of halogens is 1. The Labute approximate surface area is 201 Å². The van der Waals surface area contributed by atoms with Gasteiger partial charge in [0, 0.05) is 41.0 Å². The zero-order valence-corrected chi connectivity index (χ0v) is 20.4. The second-order valence-corrected chi connectivity index (χ2v) is 11.0. The summed E-state index contributed by atoms with van der Waals surface area (Å²) in [6, 6.07) is 17.3. The molecule has 1 aromatic heterocycles. The summed E-state index contributed by atoms with van der Waals surface area (Å²) in [5.41, 5.74) is 10.5. The third-order valence-corrected chi connectivity index (χ3v) is 7.39. The number of anilines is 1. The van der Waals surface area contributed by atoms with Crippen molar-refractivity contribution in [3.05, 3.63) is 83.3 Å². The molecule has 1 unspecified atom stereocenters. The first-order valence-electron chi connectivity index (χ1n) is 10.9. The van der Waals surface area contributed by atoms with E-state index in [1.165, 1.54) is 18.3 Å². The van der Waals surface area contributed by atoms with Gasteiger partial charge < -0.3 is 11.1 Å². The average Bonchev–Trinajstić information content (AvgIpc) is 2.79. The Balaban J connectivity index is 0.00000342. The predicted molar refractivity (Wildman–Crippen MR) is 141 cm³/mol. The highest BCUT2D eigenvalue weighted by Crippen LogP contribution is 2.41. The van der Waals surface area contributed by atoms with Gasteiger partial charge in [-0.3, -0.25) is 0 Å². The van der Waals surface area contributed by atoms with Crippen LogP contribution >= 0.6 is 0 Å². The molecular formula is C27H29FN4OS. The summed E-state index contributed by atoms with van der Waals surface area (Å²) >= 11 is 0. The first-order chi connectivity index (χ1) is 16.1. The van der Waals surface area contributed by atoms with Gasteiger partial charge in [0.25, 0.3) is 0 Å². The molecule has 0 fully saturated rings. The van der Waals surface area contributed by atoms with Crippen LogP contribution in [0, 0.1) is 18.2 Å². The van der Waals surface area contributed by atoms with Crippen molar-refractivity contribution < 1.29 is 10.0 Å². The lowest BCUT2D eigenvalue weighted by Crippen LogP contribution is -2.03. The monoisotopic (exact) mass is 476 g/mol. The van der Waals surface area contributed by atoms with Crippen LogP contribution in [0.5, 0.6) is 0 Å². The molecule has 4 aromatic rings. The molecule has 7 heteroatoms. The minimum atomic E-state index is -2.80. The smallest absolute Gasteiger partial charge is 0.170 e. The number of nitrogens with two attached hydrogens (primary N) is 1. The standard InChI is InChI=1S/C27H27FN4OS.H2/c1-16(2)26-25(18-8-10-20(28)11-9-18)22-13-19(15-29)24(30)14-23(22)27(31-26)32-34(4,33)21-7-5-6-17(3)12-21;/h5-16,29H,30H2,1-4H3;1H. The molecule has 0 bridgehead atoms. The minimum absolute atomic E-state index is 0. The fourth-order valence-corrected chi connectivity index (χ4v) is 5.30. The van der Waals surface area contributed by atoms with Gasteiger partial charge >= 0.3 is 0 Å². The molecule has 0 radical (unpaired) electrons. The van der Waals surface area contributed by atoms with Gasteiger partial charge in [-0.15, -0.1) is 0 Å². The van der Waals surface area contributed by atoms with E-state index in [-0.39, 0.29) is 13.2 Å². The summed E-state index contributed by atoms with van der Waals surface area (Å²) in [5, 5.41) is 9.20.